The lowest BCUT2D eigenvalue weighted by molar-refractivity contribution is -0.143. The lowest BCUT2D eigenvalue weighted by Crippen LogP contribution is -2.53. The molecule has 2 heterocycles. The van der Waals surface area contributed by atoms with Gasteiger partial charge in [0.05, 0.1) is 18.4 Å². The van der Waals surface area contributed by atoms with Crippen molar-refractivity contribution in [3.63, 3.8) is 0 Å². The Morgan fingerprint density at radius 3 is 2.44 bits per heavy atom. The number of aryl methyl sites for hydroxylation is 1. The van der Waals surface area contributed by atoms with E-state index >= 15 is 0 Å². The van der Waals surface area contributed by atoms with Gasteiger partial charge < -0.3 is 24.5 Å². The van der Waals surface area contributed by atoms with E-state index in [0.717, 1.165) is 5.56 Å². The average Bonchev–Trinajstić information content (AvgIpc) is 3.19. The molecular weight excluding hydrogens is 434 g/mol. The molecule has 8 nitrogen and oxygen atoms in total. The van der Waals surface area contributed by atoms with Crippen molar-refractivity contribution in [2.75, 3.05) is 45.7 Å². The summed E-state index contributed by atoms with van der Waals surface area (Å²) in [6.45, 7) is 4.60. The second kappa shape index (κ2) is 8.61. The molecule has 2 amide bonds. The van der Waals surface area contributed by atoms with Gasteiger partial charge in [0.1, 0.15) is 11.5 Å². The van der Waals surface area contributed by atoms with Crippen LogP contribution in [-0.2, 0) is 19.9 Å². The lowest BCUT2D eigenvalue weighted by atomic mass is 9.81. The Morgan fingerprint density at radius 1 is 1.12 bits per heavy atom. The molecule has 1 spiro atoms. The van der Waals surface area contributed by atoms with E-state index in [0.29, 0.717) is 35.7 Å². The predicted molar refractivity (Wildman–Crippen MR) is 129 cm³/mol. The first-order chi connectivity index (χ1) is 16.2. The van der Waals surface area contributed by atoms with Crippen molar-refractivity contribution in [3.05, 3.63) is 64.7 Å². The average molecular weight is 464 g/mol. The van der Waals surface area contributed by atoms with Crippen molar-refractivity contribution in [2.24, 2.45) is 0 Å². The van der Waals surface area contributed by atoms with Crippen LogP contribution >= 0.6 is 0 Å². The first-order valence-electron chi connectivity index (χ1n) is 11.2. The zero-order valence-electron chi connectivity index (χ0n) is 20.1. The molecular formula is C26H29N3O5. The molecule has 0 aliphatic carbocycles. The number of aliphatic hydroxyl groups excluding tert-OH is 1. The minimum atomic E-state index is -1.73. The topological polar surface area (TPSA) is 90.4 Å². The molecule has 0 radical (unpaired) electrons. The van der Waals surface area contributed by atoms with Crippen LogP contribution in [0.2, 0.25) is 0 Å². The van der Waals surface area contributed by atoms with Gasteiger partial charge in [-0.15, -0.1) is 0 Å². The summed E-state index contributed by atoms with van der Waals surface area (Å²) in [5.74, 6) is -1.84. The fraction of sp³-hybridized carbons (Fsp3) is 0.346. The number of hydrogen-bond donors (Lipinski definition) is 1. The fourth-order valence-electron chi connectivity index (χ4n) is 4.95. The van der Waals surface area contributed by atoms with Crippen LogP contribution < -0.4 is 9.64 Å². The summed E-state index contributed by atoms with van der Waals surface area (Å²) in [7, 11) is 5.25. The van der Waals surface area contributed by atoms with Crippen LogP contribution in [0.1, 0.15) is 23.6 Å². The van der Waals surface area contributed by atoms with Gasteiger partial charge in [-0.05, 0) is 57.8 Å². The van der Waals surface area contributed by atoms with Gasteiger partial charge in [0.15, 0.2) is 5.54 Å². The van der Waals surface area contributed by atoms with Crippen molar-refractivity contribution < 1.29 is 24.2 Å². The summed E-state index contributed by atoms with van der Waals surface area (Å²) < 4.78 is 5.31. The van der Waals surface area contributed by atoms with E-state index < -0.39 is 23.1 Å². The number of nitrogens with zero attached hydrogens (tertiary/aromatic N) is 3. The van der Waals surface area contributed by atoms with Gasteiger partial charge in [0, 0.05) is 30.8 Å². The molecule has 8 heteroatoms. The van der Waals surface area contributed by atoms with Crippen molar-refractivity contribution in [3.8, 4) is 5.75 Å². The fourth-order valence-corrected chi connectivity index (χ4v) is 4.95. The maximum absolute atomic E-state index is 14.1. The van der Waals surface area contributed by atoms with Crippen LogP contribution in [0, 0.1) is 6.92 Å². The molecule has 1 saturated heterocycles. The Hall–Kier alpha value is -3.65. The maximum atomic E-state index is 14.1. The number of methoxy groups -OCH3 is 1. The molecule has 1 fully saturated rings. The van der Waals surface area contributed by atoms with E-state index in [4.69, 9.17) is 4.74 Å². The first kappa shape index (κ1) is 23.5. The number of ether oxygens (including phenoxy) is 1. The molecule has 2 aromatic carbocycles. The van der Waals surface area contributed by atoms with E-state index in [1.807, 2.05) is 38.9 Å². The van der Waals surface area contributed by atoms with Crippen LogP contribution in [0.4, 0.5) is 5.69 Å². The number of aliphatic hydroxyl groups is 1. The number of hydrogen-bond acceptors (Lipinski definition) is 6. The summed E-state index contributed by atoms with van der Waals surface area (Å²) in [5, 5.41) is 11.5. The predicted octanol–water partition coefficient (Wildman–Crippen LogP) is 2.51. The monoisotopic (exact) mass is 463 g/mol. The number of Topliss-reactive ketones (excluding diaryl/α,β-unsaturated/α-hetero) is 1. The molecule has 2 aliphatic rings. The molecule has 34 heavy (non-hydrogen) atoms. The number of fused-ring (bicyclic) bond motifs is 2. The highest BCUT2D eigenvalue weighted by molar-refractivity contribution is 6.50. The summed E-state index contributed by atoms with van der Waals surface area (Å²) in [4.78, 5) is 45.7. The summed E-state index contributed by atoms with van der Waals surface area (Å²) >= 11 is 0. The van der Waals surface area contributed by atoms with E-state index in [1.165, 1.54) is 4.90 Å². The Labute approximate surface area is 199 Å². The van der Waals surface area contributed by atoms with Crippen LogP contribution in [0.3, 0.4) is 0 Å². The Balaban J connectivity index is 2.04. The summed E-state index contributed by atoms with van der Waals surface area (Å²) in [6.07, 6.45) is 0. The number of likely N-dealkylation sites (N-methyl/N-ethyl adjacent to an activating group) is 2. The first-order valence-corrected chi connectivity index (χ1v) is 11.2. The highest BCUT2D eigenvalue weighted by Gasteiger charge is 2.66. The van der Waals surface area contributed by atoms with Gasteiger partial charge in [-0.25, -0.2) is 0 Å². The molecule has 1 atom stereocenters. The molecule has 0 bridgehead atoms. The summed E-state index contributed by atoms with van der Waals surface area (Å²) in [5.41, 5.74) is 0.304. The van der Waals surface area contributed by atoms with Gasteiger partial charge in [-0.3, -0.25) is 14.4 Å². The second-order valence-electron chi connectivity index (χ2n) is 8.77. The quantitative estimate of drug-likeness (QED) is 0.402. The minimum Gasteiger partial charge on any atom is -0.507 e. The third-order valence-corrected chi connectivity index (χ3v) is 6.56. The van der Waals surface area contributed by atoms with Crippen LogP contribution in [0.15, 0.2) is 48.0 Å². The van der Waals surface area contributed by atoms with Gasteiger partial charge in [0.2, 0.25) is 0 Å². The molecule has 178 valence electrons. The molecule has 1 N–H and O–H groups in total. The number of anilines is 1. The number of para-hydroxylation sites is 1. The smallest absolute Gasteiger partial charge is 0.296 e. The van der Waals surface area contributed by atoms with E-state index in [2.05, 4.69) is 0 Å². The largest absolute Gasteiger partial charge is 0.507 e. The number of carbonyl (C=O) groups excluding carboxylic acids is 3. The highest BCUT2D eigenvalue weighted by Crippen LogP contribution is 2.53. The van der Waals surface area contributed by atoms with Crippen molar-refractivity contribution in [2.45, 2.75) is 19.4 Å². The summed E-state index contributed by atoms with van der Waals surface area (Å²) in [6, 6.07) is 12.1. The van der Waals surface area contributed by atoms with Crippen molar-refractivity contribution in [1.29, 1.82) is 0 Å². The molecule has 2 aliphatic heterocycles. The van der Waals surface area contributed by atoms with E-state index in [1.54, 1.807) is 48.4 Å². The second-order valence-corrected chi connectivity index (χ2v) is 8.77. The normalized spacial score (nSPS) is 21.2. The zero-order chi connectivity index (χ0) is 24.8. The molecule has 1 unspecified atom stereocenters. The number of amides is 2. The highest BCUT2D eigenvalue weighted by atomic mass is 16.5. The molecule has 0 aromatic heterocycles. The SMILES string of the molecule is CCN1C(=O)C2(/C(=C(\O)c3ccc(OC)c(C)c3)C(=O)C(=O)N2CCN(C)C)c2ccccc21. The number of carbonyl (C=O) groups is 3. The van der Waals surface area contributed by atoms with Gasteiger partial charge in [0.25, 0.3) is 17.6 Å². The maximum Gasteiger partial charge on any atom is 0.296 e. The Kier molecular flexibility index (Phi) is 5.95. The standard InChI is InChI=1S/C26H29N3O5/c1-6-28-19-10-8-7-9-18(19)26(25(28)33)21(23(31)24(32)29(26)14-13-27(3)4)22(30)17-11-12-20(34-5)16(2)15-17/h7-12,15,30H,6,13-14H2,1-5H3/b22-21-. The van der Waals surface area contributed by atoms with Gasteiger partial charge in [-0.1, -0.05) is 18.2 Å². The van der Waals surface area contributed by atoms with Crippen LogP contribution in [0.5, 0.6) is 5.75 Å². The lowest BCUT2D eigenvalue weighted by Gasteiger charge is -2.35. The van der Waals surface area contributed by atoms with Crippen LogP contribution in [0.25, 0.3) is 5.76 Å². The number of rotatable bonds is 6. The van der Waals surface area contributed by atoms with Crippen molar-refractivity contribution in [1.82, 2.24) is 9.80 Å². The molecule has 4 rings (SSSR count). The number of likely N-dealkylation sites (tertiary alicyclic amines) is 1. The van der Waals surface area contributed by atoms with E-state index in [-0.39, 0.29) is 17.9 Å². The Morgan fingerprint density at radius 2 is 1.82 bits per heavy atom. The van der Waals surface area contributed by atoms with Crippen molar-refractivity contribution >= 4 is 29.0 Å². The molecule has 2 aromatic rings. The van der Waals surface area contributed by atoms with E-state index in [9.17, 15) is 19.5 Å². The van der Waals surface area contributed by atoms with Gasteiger partial charge in [-0.2, -0.15) is 0 Å². The number of benzene rings is 2. The van der Waals surface area contributed by atoms with Gasteiger partial charge >= 0.3 is 0 Å². The third-order valence-electron chi connectivity index (χ3n) is 6.56. The Bertz CT molecular complexity index is 1220. The third kappa shape index (κ3) is 3.20. The molecule has 0 saturated carbocycles. The van der Waals surface area contributed by atoms with Crippen LogP contribution in [-0.4, -0.2) is 73.3 Å². The zero-order valence-corrected chi connectivity index (χ0v) is 20.1. The minimum absolute atomic E-state index is 0.146. The number of ketones is 1.